The molecule has 4 N–H and O–H groups in total. The molecule has 2 aliphatic rings. The number of nitrogens with zero attached hydrogens (tertiary/aromatic N) is 6. The molecular formula is C48H74N6O6. The molecule has 60 heavy (non-hydrogen) atoms. The maximum Gasteiger partial charge on any atom is 0.119 e. The number of hydrogen-bond acceptors (Lipinski definition) is 12. The first-order valence-electron chi connectivity index (χ1n) is 22.7. The minimum atomic E-state index is -0.641. The minimum Gasteiger partial charge on any atom is -0.497 e. The Morgan fingerprint density at radius 3 is 1.38 bits per heavy atom. The summed E-state index contributed by atoms with van der Waals surface area (Å²) in [5.74, 6) is 1.51. The topological polar surface area (TPSA) is 138 Å². The molecule has 12 nitrogen and oxygen atoms in total. The van der Waals surface area contributed by atoms with E-state index in [1.54, 1.807) is 26.6 Å². The van der Waals surface area contributed by atoms with Crippen LogP contribution in [0.25, 0.3) is 21.8 Å². The number of ether oxygens (including phenoxy) is 2. The summed E-state index contributed by atoms with van der Waals surface area (Å²) in [4.78, 5) is 18.2. The molecule has 2 aromatic heterocycles. The van der Waals surface area contributed by atoms with Gasteiger partial charge in [0.15, 0.2) is 0 Å². The van der Waals surface area contributed by atoms with Gasteiger partial charge in [-0.2, -0.15) is 0 Å². The second kappa shape index (κ2) is 25.5. The zero-order valence-electron chi connectivity index (χ0n) is 36.9. The predicted octanol–water partition coefficient (Wildman–Crippen LogP) is 6.45. The molecule has 0 aliphatic carbocycles. The summed E-state index contributed by atoms with van der Waals surface area (Å²) in [7, 11) is 3.28. The number of rotatable bonds is 22. The van der Waals surface area contributed by atoms with Gasteiger partial charge in [0.25, 0.3) is 0 Å². The van der Waals surface area contributed by atoms with Crippen LogP contribution in [0.4, 0.5) is 0 Å². The van der Waals surface area contributed by atoms with Crippen LogP contribution in [0.15, 0.2) is 60.9 Å². The third-order valence-corrected chi connectivity index (χ3v) is 12.5. The number of β-amino-alcohol motifs (C(OH)–C–C–N with tert-alkyl or cyclic N) is 2. The number of unbranched alkanes of at least 4 members (excludes halogenated alkanes) is 8. The number of aromatic nitrogens is 2. The molecule has 2 fully saturated rings. The molecule has 2 saturated heterocycles. The van der Waals surface area contributed by atoms with Gasteiger partial charge in [-0.25, -0.2) is 0 Å². The molecule has 2 aliphatic heterocycles. The fourth-order valence-corrected chi connectivity index (χ4v) is 8.79. The second-order valence-electron chi connectivity index (χ2n) is 16.7. The van der Waals surface area contributed by atoms with E-state index >= 15 is 0 Å². The van der Waals surface area contributed by atoms with Crippen LogP contribution in [0, 0.1) is 0 Å². The SMILES string of the molecule is CCCCCCCN1CCN(C[C@@H](O)c2ccnc3ccc(OC)cc23)[C@@H](CO)C1.CCCCCCCN1CCN(C[C@H](O)c2ccnc3ccc(OC)cc23)[C@H](CO)C1. The van der Waals surface area contributed by atoms with Crippen molar-refractivity contribution in [3.63, 3.8) is 0 Å². The maximum atomic E-state index is 11.0. The highest BCUT2D eigenvalue weighted by molar-refractivity contribution is 5.84. The molecule has 0 spiro atoms. The van der Waals surface area contributed by atoms with Gasteiger partial charge >= 0.3 is 0 Å². The highest BCUT2D eigenvalue weighted by Gasteiger charge is 2.30. The summed E-state index contributed by atoms with van der Waals surface area (Å²) >= 11 is 0. The lowest BCUT2D eigenvalue weighted by Gasteiger charge is -2.41. The molecule has 0 unspecified atom stereocenters. The van der Waals surface area contributed by atoms with Crippen LogP contribution < -0.4 is 9.47 Å². The fraction of sp³-hybridized carbons (Fsp3) is 0.625. The maximum absolute atomic E-state index is 11.0. The molecular weight excluding hydrogens is 757 g/mol. The average molecular weight is 831 g/mol. The van der Waals surface area contributed by atoms with Gasteiger partial charge in [-0.1, -0.05) is 65.2 Å². The van der Waals surface area contributed by atoms with Crippen LogP contribution in [-0.2, 0) is 0 Å². The fourth-order valence-electron chi connectivity index (χ4n) is 8.79. The molecule has 4 atom stereocenters. The number of aliphatic hydroxyl groups is 4. The molecule has 6 rings (SSSR count). The summed E-state index contributed by atoms with van der Waals surface area (Å²) in [6, 6.07) is 15.4. The monoisotopic (exact) mass is 831 g/mol. The Hall–Kier alpha value is -3.46. The van der Waals surface area contributed by atoms with E-state index in [4.69, 9.17) is 9.47 Å². The normalized spacial score (nSPS) is 19.3. The molecule has 0 amide bonds. The predicted molar refractivity (Wildman–Crippen MR) is 242 cm³/mol. The Labute approximate surface area is 359 Å². The van der Waals surface area contributed by atoms with Crippen molar-refractivity contribution >= 4 is 21.8 Å². The Bertz CT molecular complexity index is 1700. The van der Waals surface area contributed by atoms with Crippen molar-refractivity contribution in [2.75, 3.05) is 92.9 Å². The van der Waals surface area contributed by atoms with Crippen molar-refractivity contribution in [1.29, 1.82) is 0 Å². The number of benzene rings is 2. The largest absolute Gasteiger partial charge is 0.497 e. The van der Waals surface area contributed by atoms with Gasteiger partial charge in [0, 0.05) is 87.6 Å². The van der Waals surface area contributed by atoms with E-state index in [0.717, 1.165) is 96.8 Å². The van der Waals surface area contributed by atoms with E-state index in [-0.39, 0.29) is 25.3 Å². The number of methoxy groups -OCH3 is 2. The molecule has 0 bridgehead atoms. The lowest BCUT2D eigenvalue weighted by atomic mass is 10.0. The summed E-state index contributed by atoms with van der Waals surface area (Å²) in [5, 5.41) is 43.8. The zero-order valence-corrected chi connectivity index (χ0v) is 36.9. The van der Waals surface area contributed by atoms with Gasteiger partial charge in [-0.15, -0.1) is 0 Å². The van der Waals surface area contributed by atoms with Gasteiger partial charge in [-0.05, 0) is 85.6 Å². The van der Waals surface area contributed by atoms with Crippen LogP contribution in [0.3, 0.4) is 0 Å². The quantitative estimate of drug-likeness (QED) is 0.0648. The summed E-state index contributed by atoms with van der Waals surface area (Å²) in [6.07, 6.45) is 15.0. The van der Waals surface area contributed by atoms with Crippen LogP contribution in [0.1, 0.15) is 101 Å². The van der Waals surface area contributed by atoms with Gasteiger partial charge in [-0.3, -0.25) is 19.8 Å². The van der Waals surface area contributed by atoms with E-state index in [0.29, 0.717) is 13.1 Å². The molecule has 0 radical (unpaired) electrons. The Kier molecular flexibility index (Phi) is 20.2. The number of hydrogen-bond donors (Lipinski definition) is 4. The number of fused-ring (bicyclic) bond motifs is 2. The average Bonchev–Trinajstić information content (AvgIpc) is 3.28. The van der Waals surface area contributed by atoms with Crippen molar-refractivity contribution in [2.24, 2.45) is 0 Å². The lowest BCUT2D eigenvalue weighted by Crippen LogP contribution is -2.55. The first-order chi connectivity index (χ1) is 29.3. The Balaban J connectivity index is 0.000000228. The molecule has 4 aromatic rings. The van der Waals surface area contributed by atoms with Gasteiger partial charge in [0.1, 0.15) is 11.5 Å². The third kappa shape index (κ3) is 13.8. The summed E-state index contributed by atoms with van der Waals surface area (Å²) in [6.45, 7) is 13.4. The highest BCUT2D eigenvalue weighted by atomic mass is 16.5. The van der Waals surface area contributed by atoms with Crippen molar-refractivity contribution in [1.82, 2.24) is 29.6 Å². The van der Waals surface area contributed by atoms with Crippen LogP contribution in [0.5, 0.6) is 11.5 Å². The second-order valence-corrected chi connectivity index (χ2v) is 16.7. The molecule has 332 valence electrons. The minimum absolute atomic E-state index is 0.0617. The van der Waals surface area contributed by atoms with E-state index in [2.05, 4.69) is 43.4 Å². The van der Waals surface area contributed by atoms with E-state index < -0.39 is 12.2 Å². The summed E-state index contributed by atoms with van der Waals surface area (Å²) in [5.41, 5.74) is 3.40. The summed E-state index contributed by atoms with van der Waals surface area (Å²) < 4.78 is 10.7. The lowest BCUT2D eigenvalue weighted by molar-refractivity contribution is 0.00920. The number of pyridine rings is 2. The van der Waals surface area contributed by atoms with Crippen LogP contribution >= 0.6 is 0 Å². The van der Waals surface area contributed by atoms with Gasteiger partial charge in [0.05, 0.1) is 50.7 Å². The standard InChI is InChI=1S/2C24H37N3O3/c2*1-3-4-5-6-7-12-26-13-14-27(19(16-26)18-28)17-24(29)21-10-11-25-23-9-8-20(30-2)15-22(21)23/h2*8-11,15,19,24,28-29H,3-7,12-14,16-18H2,1-2H3/t2*19-,24-/m10/s1. The van der Waals surface area contributed by atoms with E-state index in [9.17, 15) is 20.4 Å². The molecule has 12 heteroatoms. The van der Waals surface area contributed by atoms with E-state index in [1.807, 2.05) is 48.5 Å². The third-order valence-electron chi connectivity index (χ3n) is 12.5. The van der Waals surface area contributed by atoms with Crippen LogP contribution in [0.2, 0.25) is 0 Å². The highest BCUT2D eigenvalue weighted by Crippen LogP contribution is 2.30. The van der Waals surface area contributed by atoms with Gasteiger partial charge < -0.3 is 39.7 Å². The molecule has 4 heterocycles. The van der Waals surface area contributed by atoms with E-state index in [1.165, 1.54) is 64.2 Å². The van der Waals surface area contributed by atoms with Crippen molar-refractivity contribution < 1.29 is 29.9 Å². The Morgan fingerprint density at radius 2 is 1.00 bits per heavy atom. The van der Waals surface area contributed by atoms with Crippen molar-refractivity contribution in [3.05, 3.63) is 72.1 Å². The van der Waals surface area contributed by atoms with Crippen molar-refractivity contribution in [3.8, 4) is 11.5 Å². The first kappa shape index (κ1) is 47.6. The number of piperazine rings is 2. The molecule has 2 aromatic carbocycles. The van der Waals surface area contributed by atoms with Gasteiger partial charge in [0.2, 0.25) is 0 Å². The number of aliphatic hydroxyl groups excluding tert-OH is 4. The first-order valence-corrected chi connectivity index (χ1v) is 22.7. The zero-order chi connectivity index (χ0) is 42.7. The van der Waals surface area contributed by atoms with Crippen LogP contribution in [-0.4, -0.2) is 155 Å². The molecule has 0 saturated carbocycles. The Morgan fingerprint density at radius 1 is 0.583 bits per heavy atom. The van der Waals surface area contributed by atoms with Crippen molar-refractivity contribution in [2.45, 2.75) is 102 Å². The smallest absolute Gasteiger partial charge is 0.119 e.